The summed E-state index contributed by atoms with van der Waals surface area (Å²) in [5.41, 5.74) is 3.41. The number of nitrogens with one attached hydrogen (secondary N) is 2. The zero-order chi connectivity index (χ0) is 15.9. The molecule has 0 aromatic heterocycles. The van der Waals surface area contributed by atoms with Gasteiger partial charge in [0.25, 0.3) is 0 Å². The molecule has 2 rings (SSSR count). The molecule has 2 N–H and O–H groups in total. The maximum atomic E-state index is 5.42. The van der Waals surface area contributed by atoms with Crippen LogP contribution in [0.2, 0.25) is 0 Å². The Kier molecular flexibility index (Phi) is 5.78. The summed E-state index contributed by atoms with van der Waals surface area (Å²) in [4.78, 5) is 0. The van der Waals surface area contributed by atoms with Crippen molar-refractivity contribution in [3.63, 3.8) is 0 Å². The minimum atomic E-state index is 0.156. The van der Waals surface area contributed by atoms with Crippen molar-refractivity contribution in [3.05, 3.63) is 59.7 Å². The molecule has 2 aromatic carbocycles. The van der Waals surface area contributed by atoms with Gasteiger partial charge in [0, 0.05) is 5.69 Å². The van der Waals surface area contributed by atoms with Gasteiger partial charge in [-0.25, -0.2) is 0 Å². The first-order valence-electron chi connectivity index (χ1n) is 7.45. The Morgan fingerprint density at radius 3 is 2.32 bits per heavy atom. The Morgan fingerprint density at radius 2 is 1.73 bits per heavy atom. The molecule has 0 aliphatic carbocycles. The van der Waals surface area contributed by atoms with Gasteiger partial charge in [0.15, 0.2) is 5.11 Å². The van der Waals surface area contributed by atoms with E-state index in [1.165, 1.54) is 11.1 Å². The van der Waals surface area contributed by atoms with E-state index in [9.17, 15) is 0 Å². The van der Waals surface area contributed by atoms with Gasteiger partial charge in [0.2, 0.25) is 0 Å². The summed E-state index contributed by atoms with van der Waals surface area (Å²) in [6.07, 6.45) is 0. The molecule has 1 atom stereocenters. The molecule has 116 valence electrons. The molecule has 0 aliphatic heterocycles. The second-order valence-corrected chi connectivity index (χ2v) is 5.60. The molecule has 2 aromatic rings. The van der Waals surface area contributed by atoms with Crippen LogP contribution >= 0.6 is 12.2 Å². The summed E-state index contributed by atoms with van der Waals surface area (Å²) in [7, 11) is 0. The lowest BCUT2D eigenvalue weighted by molar-refractivity contribution is 0.340. The van der Waals surface area contributed by atoms with Crippen LogP contribution in [0.5, 0.6) is 5.75 Å². The topological polar surface area (TPSA) is 33.3 Å². The van der Waals surface area contributed by atoms with Gasteiger partial charge in [-0.3, -0.25) is 0 Å². The van der Waals surface area contributed by atoms with Crippen molar-refractivity contribution in [2.75, 3.05) is 11.9 Å². The Balaban J connectivity index is 1.90. The maximum Gasteiger partial charge on any atom is 0.171 e. The average Bonchev–Trinajstić information content (AvgIpc) is 2.50. The molecular weight excluding hydrogens is 292 g/mol. The van der Waals surface area contributed by atoms with Crippen molar-refractivity contribution in [2.45, 2.75) is 26.8 Å². The van der Waals surface area contributed by atoms with Crippen LogP contribution in [0, 0.1) is 6.92 Å². The van der Waals surface area contributed by atoms with E-state index < -0.39 is 0 Å². The van der Waals surface area contributed by atoms with Crippen molar-refractivity contribution < 1.29 is 4.74 Å². The molecule has 3 nitrogen and oxygen atoms in total. The van der Waals surface area contributed by atoms with Gasteiger partial charge in [-0.15, -0.1) is 0 Å². The first-order chi connectivity index (χ1) is 10.6. The standard InChI is InChI=1S/C18H22N2OS/c1-4-21-17-11-9-16(10-12-17)20-18(22)19-14(3)15-7-5-13(2)6-8-15/h5-12,14H,4H2,1-3H3,(H2,19,20,22)/t14-/m0/s1. The molecule has 0 unspecified atom stereocenters. The summed E-state index contributed by atoms with van der Waals surface area (Å²) < 4.78 is 5.42. The number of aryl methyl sites for hydroxylation is 1. The minimum absolute atomic E-state index is 0.156. The molecule has 0 saturated heterocycles. The fraction of sp³-hybridized carbons (Fsp3) is 0.278. The third kappa shape index (κ3) is 4.74. The van der Waals surface area contributed by atoms with Crippen molar-refractivity contribution in [1.29, 1.82) is 0 Å². The SMILES string of the molecule is CCOc1ccc(NC(=S)N[C@@H](C)c2ccc(C)cc2)cc1. The number of hydrogen-bond acceptors (Lipinski definition) is 2. The van der Waals surface area contributed by atoms with Crippen molar-refractivity contribution in [1.82, 2.24) is 5.32 Å². The Hall–Kier alpha value is -2.07. The number of benzene rings is 2. The van der Waals surface area contributed by atoms with E-state index in [2.05, 4.69) is 48.7 Å². The van der Waals surface area contributed by atoms with Crippen LogP contribution in [0.25, 0.3) is 0 Å². The van der Waals surface area contributed by atoms with Gasteiger partial charge in [-0.1, -0.05) is 29.8 Å². The average molecular weight is 314 g/mol. The van der Waals surface area contributed by atoms with E-state index >= 15 is 0 Å². The third-order valence-corrected chi connectivity index (χ3v) is 3.57. The second-order valence-electron chi connectivity index (χ2n) is 5.19. The first kappa shape index (κ1) is 16.3. The lowest BCUT2D eigenvalue weighted by atomic mass is 10.1. The number of thiocarbonyl (C=S) groups is 1. The van der Waals surface area contributed by atoms with E-state index in [4.69, 9.17) is 17.0 Å². The van der Waals surface area contributed by atoms with Crippen LogP contribution in [0.1, 0.15) is 31.0 Å². The predicted molar refractivity (Wildman–Crippen MR) is 96.6 cm³/mol. The molecule has 0 bridgehead atoms. The van der Waals surface area contributed by atoms with E-state index in [1.54, 1.807) is 0 Å². The van der Waals surface area contributed by atoms with E-state index in [0.29, 0.717) is 11.7 Å². The zero-order valence-electron chi connectivity index (χ0n) is 13.2. The number of ether oxygens (including phenoxy) is 1. The number of anilines is 1. The van der Waals surface area contributed by atoms with E-state index in [-0.39, 0.29) is 6.04 Å². The summed E-state index contributed by atoms with van der Waals surface area (Å²) >= 11 is 5.37. The van der Waals surface area contributed by atoms with Crippen molar-refractivity contribution >= 4 is 23.0 Å². The molecule has 0 heterocycles. The van der Waals surface area contributed by atoms with E-state index in [1.807, 2.05) is 31.2 Å². The highest BCUT2D eigenvalue weighted by atomic mass is 32.1. The van der Waals surface area contributed by atoms with Gasteiger partial charge in [0.05, 0.1) is 12.6 Å². The van der Waals surface area contributed by atoms with Crippen molar-refractivity contribution in [2.24, 2.45) is 0 Å². The fourth-order valence-electron chi connectivity index (χ4n) is 2.10. The lowest BCUT2D eigenvalue weighted by Crippen LogP contribution is -2.30. The highest BCUT2D eigenvalue weighted by Crippen LogP contribution is 2.17. The van der Waals surface area contributed by atoms with Crippen LogP contribution in [0.3, 0.4) is 0 Å². The van der Waals surface area contributed by atoms with Gasteiger partial charge < -0.3 is 15.4 Å². The zero-order valence-corrected chi connectivity index (χ0v) is 14.0. The van der Waals surface area contributed by atoms with Crippen molar-refractivity contribution in [3.8, 4) is 5.75 Å². The normalized spacial score (nSPS) is 11.6. The monoisotopic (exact) mass is 314 g/mol. The Labute approximate surface area is 137 Å². The Bertz CT molecular complexity index is 608. The molecule has 0 fully saturated rings. The molecule has 0 aliphatic rings. The molecule has 0 radical (unpaired) electrons. The van der Waals surface area contributed by atoms with Crippen LogP contribution in [-0.2, 0) is 0 Å². The minimum Gasteiger partial charge on any atom is -0.494 e. The Morgan fingerprint density at radius 1 is 1.09 bits per heavy atom. The molecule has 0 spiro atoms. The summed E-state index contributed by atoms with van der Waals surface area (Å²) in [5.74, 6) is 0.861. The first-order valence-corrected chi connectivity index (χ1v) is 7.86. The van der Waals surface area contributed by atoms with Gasteiger partial charge in [0.1, 0.15) is 5.75 Å². The van der Waals surface area contributed by atoms with Crippen LogP contribution in [0.15, 0.2) is 48.5 Å². The number of hydrogen-bond donors (Lipinski definition) is 2. The molecule has 22 heavy (non-hydrogen) atoms. The predicted octanol–water partition coefficient (Wildman–Crippen LogP) is 4.44. The van der Waals surface area contributed by atoms with Crippen LogP contribution in [0.4, 0.5) is 5.69 Å². The summed E-state index contributed by atoms with van der Waals surface area (Å²) in [6.45, 7) is 6.81. The highest BCUT2D eigenvalue weighted by molar-refractivity contribution is 7.80. The highest BCUT2D eigenvalue weighted by Gasteiger charge is 2.07. The van der Waals surface area contributed by atoms with Gasteiger partial charge >= 0.3 is 0 Å². The van der Waals surface area contributed by atoms with E-state index in [0.717, 1.165) is 11.4 Å². The molecule has 0 saturated carbocycles. The summed E-state index contributed by atoms with van der Waals surface area (Å²) in [5, 5.41) is 7.09. The van der Waals surface area contributed by atoms with Crippen LogP contribution < -0.4 is 15.4 Å². The summed E-state index contributed by atoms with van der Waals surface area (Å²) in [6, 6.07) is 16.4. The maximum absolute atomic E-state index is 5.42. The molecule has 0 amide bonds. The molecule has 4 heteroatoms. The third-order valence-electron chi connectivity index (χ3n) is 3.35. The lowest BCUT2D eigenvalue weighted by Gasteiger charge is -2.17. The van der Waals surface area contributed by atoms with Gasteiger partial charge in [-0.2, -0.15) is 0 Å². The smallest absolute Gasteiger partial charge is 0.171 e. The molecular formula is C18H22N2OS. The fourth-order valence-corrected chi connectivity index (χ4v) is 2.40. The second kappa shape index (κ2) is 7.80. The van der Waals surface area contributed by atoms with Gasteiger partial charge in [-0.05, 0) is 62.8 Å². The quantitative estimate of drug-likeness (QED) is 0.799. The largest absolute Gasteiger partial charge is 0.494 e. The number of rotatable bonds is 5. The van der Waals surface area contributed by atoms with Crippen LogP contribution in [-0.4, -0.2) is 11.7 Å².